The molecule has 326 valence electrons. The van der Waals surface area contributed by atoms with Gasteiger partial charge >= 0.3 is 12.2 Å². The van der Waals surface area contributed by atoms with E-state index in [0.29, 0.717) is 28.1 Å². The number of allylic oxidation sites excluding steroid dienone is 1. The molecule has 4 aromatic carbocycles. The molecular weight excluding hydrogens is 814 g/mol. The average molecular weight is 868 g/mol. The van der Waals surface area contributed by atoms with E-state index in [-0.39, 0.29) is 29.8 Å². The van der Waals surface area contributed by atoms with E-state index < -0.39 is 24.3 Å². The fourth-order valence-electron chi connectivity index (χ4n) is 9.02. The van der Waals surface area contributed by atoms with Crippen LogP contribution >= 0.6 is 8.58 Å². The number of ether oxygens (including phenoxy) is 2. The first-order chi connectivity index (χ1) is 30.5. The zero-order chi connectivity index (χ0) is 44.2. The molecule has 2 fully saturated rings. The zero-order valence-electron chi connectivity index (χ0n) is 36.3. The number of likely N-dealkylation sites (tertiary alicyclic amines) is 2. The summed E-state index contributed by atoms with van der Waals surface area (Å²) < 4.78 is 9.68. The van der Waals surface area contributed by atoms with Gasteiger partial charge in [0.25, 0.3) is 0 Å². The molecule has 3 N–H and O–H groups in total. The highest BCUT2D eigenvalue weighted by Crippen LogP contribution is 2.36. The van der Waals surface area contributed by atoms with E-state index in [4.69, 9.17) is 19.5 Å². The van der Waals surface area contributed by atoms with Gasteiger partial charge in [-0.05, 0) is 100 Å². The van der Waals surface area contributed by atoms with Gasteiger partial charge in [-0.2, -0.15) is 0 Å². The Hall–Kier alpha value is -6.33. The van der Waals surface area contributed by atoms with Crippen LogP contribution in [0.3, 0.4) is 0 Å². The van der Waals surface area contributed by atoms with E-state index in [9.17, 15) is 19.2 Å². The summed E-state index contributed by atoms with van der Waals surface area (Å²) >= 11 is 0. The number of aromatic amines is 1. The first kappa shape index (κ1) is 43.3. The second-order valence-electron chi connectivity index (χ2n) is 16.7. The van der Waals surface area contributed by atoms with Crippen molar-refractivity contribution < 1.29 is 28.7 Å². The number of carbonyl (C=O) groups is 4. The minimum Gasteiger partial charge on any atom is -0.453 e. The summed E-state index contributed by atoms with van der Waals surface area (Å²) in [6.07, 6.45) is 6.44. The van der Waals surface area contributed by atoms with Crippen LogP contribution in [0.1, 0.15) is 75.0 Å². The Balaban J connectivity index is 0.916. The molecule has 0 bridgehead atoms. The van der Waals surface area contributed by atoms with Crippen LogP contribution in [0.4, 0.5) is 9.59 Å². The maximum Gasteiger partial charge on any atom is 0.407 e. The predicted octanol–water partition coefficient (Wildman–Crippen LogP) is 8.15. The molecule has 1 unspecified atom stereocenters. The number of rotatable bonds is 12. The molecule has 3 aliphatic heterocycles. The molecule has 14 heteroatoms. The molecule has 8 rings (SSSR count). The molecule has 4 amide bonds. The topological polar surface area (TPSA) is 158 Å². The van der Waals surface area contributed by atoms with Gasteiger partial charge in [-0.3, -0.25) is 14.6 Å². The van der Waals surface area contributed by atoms with Gasteiger partial charge in [-0.15, -0.1) is 0 Å². The van der Waals surface area contributed by atoms with E-state index in [0.717, 1.165) is 92.4 Å². The molecule has 1 aromatic heterocycles. The maximum atomic E-state index is 14.1. The lowest BCUT2D eigenvalue weighted by Gasteiger charge is -2.30. The molecule has 0 saturated carbocycles. The summed E-state index contributed by atoms with van der Waals surface area (Å²) in [6, 6.07) is 27.3. The smallest absolute Gasteiger partial charge is 0.407 e. The number of carbonyl (C=O) groups excluding carboxylic acids is 4. The van der Waals surface area contributed by atoms with E-state index in [2.05, 4.69) is 82.9 Å². The van der Waals surface area contributed by atoms with E-state index in [1.165, 1.54) is 14.2 Å². The summed E-state index contributed by atoms with van der Waals surface area (Å²) in [5.74, 6) is 0.333. The SMILES string of the molecule is COC(=O)N[C@H](C(=O)N1CCC[C@H]1c1ncc(-c2ccc3cc(-c4ccc(C5=CN=C([C@@H]6CCCN6C(=O)[C@H](NC(=O)OC)c6cccc(PC)c6)C5)cc4)ccc3c2)[nH]1)C(C)C. The monoisotopic (exact) mass is 867 g/mol. The Morgan fingerprint density at radius 1 is 0.762 bits per heavy atom. The average Bonchev–Trinajstić information content (AvgIpc) is 4.16. The number of amides is 4. The van der Waals surface area contributed by atoms with E-state index in [1.54, 1.807) is 0 Å². The molecule has 4 heterocycles. The van der Waals surface area contributed by atoms with Crippen LogP contribution in [0, 0.1) is 5.92 Å². The summed E-state index contributed by atoms with van der Waals surface area (Å²) in [6.45, 7) is 7.10. The van der Waals surface area contributed by atoms with Crippen LogP contribution in [0.15, 0.2) is 102 Å². The molecule has 3 aliphatic rings. The zero-order valence-corrected chi connectivity index (χ0v) is 37.3. The van der Waals surface area contributed by atoms with E-state index >= 15 is 0 Å². The summed E-state index contributed by atoms with van der Waals surface area (Å²) in [5, 5.41) is 8.82. The van der Waals surface area contributed by atoms with Crippen molar-refractivity contribution in [3.05, 3.63) is 114 Å². The Morgan fingerprint density at radius 2 is 1.40 bits per heavy atom. The number of imidazole rings is 1. The van der Waals surface area contributed by atoms with Gasteiger partial charge in [0.15, 0.2) is 0 Å². The van der Waals surface area contributed by atoms with Gasteiger partial charge in [0.2, 0.25) is 11.8 Å². The number of nitrogens with one attached hydrogen (secondary N) is 3. The molecule has 13 nitrogen and oxygen atoms in total. The number of fused-ring (bicyclic) bond motifs is 1. The van der Waals surface area contributed by atoms with Crippen LogP contribution in [0.5, 0.6) is 0 Å². The van der Waals surface area contributed by atoms with Crippen molar-refractivity contribution in [1.82, 2.24) is 30.4 Å². The highest BCUT2D eigenvalue weighted by atomic mass is 31.1. The molecule has 2 saturated heterocycles. The third kappa shape index (κ3) is 9.25. The fourth-order valence-corrected chi connectivity index (χ4v) is 9.60. The van der Waals surface area contributed by atoms with Gasteiger partial charge in [-0.1, -0.05) is 89.2 Å². The van der Waals surface area contributed by atoms with Gasteiger partial charge in [-0.25, -0.2) is 14.6 Å². The molecule has 0 spiro atoms. The largest absolute Gasteiger partial charge is 0.453 e. The van der Waals surface area contributed by atoms with Gasteiger partial charge < -0.3 is 34.9 Å². The Labute approximate surface area is 369 Å². The lowest BCUT2D eigenvalue weighted by molar-refractivity contribution is -0.135. The van der Waals surface area contributed by atoms with Crippen molar-refractivity contribution in [2.45, 2.75) is 70.1 Å². The van der Waals surface area contributed by atoms with Crippen LogP contribution in [0.25, 0.3) is 38.7 Å². The van der Waals surface area contributed by atoms with Crippen molar-refractivity contribution >= 4 is 59.9 Å². The van der Waals surface area contributed by atoms with Crippen molar-refractivity contribution in [1.29, 1.82) is 0 Å². The normalized spacial score (nSPS) is 18.4. The molecule has 0 radical (unpaired) electrons. The molecule has 0 aliphatic carbocycles. The van der Waals surface area contributed by atoms with Gasteiger partial charge in [0, 0.05) is 37.0 Å². The Morgan fingerprint density at radius 3 is 2.10 bits per heavy atom. The van der Waals surface area contributed by atoms with Crippen LogP contribution in [0.2, 0.25) is 0 Å². The first-order valence-electron chi connectivity index (χ1n) is 21.6. The quantitative estimate of drug-likeness (QED) is 0.107. The highest BCUT2D eigenvalue weighted by molar-refractivity contribution is 7.46. The van der Waals surface area contributed by atoms with Crippen LogP contribution in [-0.4, -0.2) is 95.5 Å². The minimum atomic E-state index is -0.852. The minimum absolute atomic E-state index is 0.106. The Kier molecular flexibility index (Phi) is 13.0. The summed E-state index contributed by atoms with van der Waals surface area (Å²) in [5.41, 5.74) is 7.97. The number of aromatic nitrogens is 2. The first-order valence-corrected chi connectivity index (χ1v) is 23.1. The number of nitrogens with zero attached hydrogens (tertiary/aromatic N) is 4. The number of benzene rings is 4. The fraction of sp³-hybridized carbons (Fsp3) is 0.347. The number of hydrogen-bond donors (Lipinski definition) is 3. The number of aliphatic imine (C=N–C) groups is 1. The van der Waals surface area contributed by atoms with Crippen molar-refractivity contribution in [3.8, 4) is 22.4 Å². The number of H-pyrrole nitrogens is 1. The van der Waals surface area contributed by atoms with Crippen molar-refractivity contribution in [2.24, 2.45) is 10.9 Å². The molecule has 5 aromatic rings. The van der Waals surface area contributed by atoms with Gasteiger partial charge in [0.1, 0.15) is 17.9 Å². The summed E-state index contributed by atoms with van der Waals surface area (Å²) in [4.78, 5) is 68.9. The second-order valence-corrected chi connectivity index (χ2v) is 17.7. The molecule has 5 atom stereocenters. The van der Waals surface area contributed by atoms with Crippen molar-refractivity contribution in [3.63, 3.8) is 0 Å². The standard InChI is InChI=1S/C49H54N7O6P/c1-29(2)43(53-48(59)61-3)46(57)56-22-8-12-42(56)45-51-28-40(52-45)35-20-19-33-23-32(17-18-34(33)24-35)30-13-15-31(16-14-30)37-26-39(50-27-37)41-11-7-21-55(41)47(58)44(54-49(60)62-4)36-9-6-10-38(25-36)63-5/h6,9-10,13-20,23-25,27-29,41-44,63H,7-8,11-12,21-22,26H2,1-5H3,(H,51,52)(H,53,59)(H,54,60)/t41-,42-,43-,44+/m0/s1. The molecular formula is C49H54N7O6P. The third-order valence-corrected chi connectivity index (χ3v) is 13.3. The lowest BCUT2D eigenvalue weighted by Crippen LogP contribution is -2.51. The van der Waals surface area contributed by atoms with Crippen LogP contribution in [-0.2, 0) is 19.1 Å². The van der Waals surface area contributed by atoms with Crippen LogP contribution < -0.4 is 15.9 Å². The van der Waals surface area contributed by atoms with Gasteiger partial charge in [0.05, 0.1) is 38.2 Å². The van der Waals surface area contributed by atoms with E-state index in [1.807, 2.05) is 60.3 Å². The maximum absolute atomic E-state index is 14.1. The number of hydrogen-bond acceptors (Lipinski definition) is 8. The number of methoxy groups -OCH3 is 2. The summed E-state index contributed by atoms with van der Waals surface area (Å²) in [7, 11) is 3.16. The second kappa shape index (κ2) is 19.0. The lowest BCUT2D eigenvalue weighted by atomic mass is 9.95. The molecule has 63 heavy (non-hydrogen) atoms. The predicted molar refractivity (Wildman–Crippen MR) is 248 cm³/mol. The number of alkyl carbamates (subject to hydrolysis) is 2. The van der Waals surface area contributed by atoms with Crippen molar-refractivity contribution in [2.75, 3.05) is 34.0 Å². The highest BCUT2D eigenvalue weighted by Gasteiger charge is 2.39. The Bertz CT molecular complexity index is 2590. The third-order valence-electron chi connectivity index (χ3n) is 12.5.